The van der Waals surface area contributed by atoms with Gasteiger partial charge in [-0.3, -0.25) is 9.59 Å². The molecule has 10 nitrogen and oxygen atoms in total. The van der Waals surface area contributed by atoms with E-state index in [-0.39, 0.29) is 58.4 Å². The molecule has 42 heavy (non-hydrogen) atoms. The number of hydrogen-bond acceptors (Lipinski definition) is 8. The van der Waals surface area contributed by atoms with Crippen LogP contribution in [0.3, 0.4) is 0 Å². The van der Waals surface area contributed by atoms with Gasteiger partial charge in [-0.25, -0.2) is 26.9 Å². The Labute approximate surface area is 246 Å². The molecular formula is C30H41FN4O6S. The van der Waals surface area contributed by atoms with Crippen molar-refractivity contribution in [3.05, 3.63) is 33.9 Å². The minimum atomic E-state index is -3.79. The van der Waals surface area contributed by atoms with Gasteiger partial charge in [0.2, 0.25) is 15.5 Å². The molecule has 0 amide bonds. The van der Waals surface area contributed by atoms with E-state index in [9.17, 15) is 22.8 Å². The first-order valence-corrected chi connectivity index (χ1v) is 16.2. The minimum Gasteiger partial charge on any atom is -0.462 e. The third-order valence-corrected chi connectivity index (χ3v) is 12.1. The van der Waals surface area contributed by atoms with Crippen LogP contribution in [0.5, 0.6) is 0 Å². The van der Waals surface area contributed by atoms with Gasteiger partial charge in [-0.1, -0.05) is 13.8 Å². The lowest BCUT2D eigenvalue weighted by atomic mass is 9.70. The van der Waals surface area contributed by atoms with Crippen LogP contribution in [0.15, 0.2) is 17.1 Å². The van der Waals surface area contributed by atoms with Gasteiger partial charge in [-0.15, -0.1) is 0 Å². The van der Waals surface area contributed by atoms with Gasteiger partial charge in [0.1, 0.15) is 17.0 Å². The molecular weight excluding hydrogens is 563 g/mol. The van der Waals surface area contributed by atoms with Crippen molar-refractivity contribution >= 4 is 38.6 Å². The van der Waals surface area contributed by atoms with Gasteiger partial charge in [0.25, 0.3) is 0 Å². The molecule has 2 bridgehead atoms. The average Bonchev–Trinajstić information content (AvgIpc) is 3.51. The molecule has 230 valence electrons. The fourth-order valence-corrected chi connectivity index (χ4v) is 9.41. The fraction of sp³-hybridized carbons (Fsp3) is 0.667. The topological polar surface area (TPSA) is 119 Å². The summed E-state index contributed by atoms with van der Waals surface area (Å²) in [7, 11) is -2.25. The molecule has 3 atom stereocenters. The molecule has 3 aliphatic rings. The molecule has 2 saturated carbocycles. The first kappa shape index (κ1) is 30.6. The zero-order chi connectivity index (χ0) is 31.0. The zero-order valence-electron chi connectivity index (χ0n) is 25.5. The van der Waals surface area contributed by atoms with Crippen molar-refractivity contribution in [2.45, 2.75) is 78.8 Å². The summed E-state index contributed by atoms with van der Waals surface area (Å²) in [6.45, 7) is 12.0. The predicted molar refractivity (Wildman–Crippen MR) is 158 cm³/mol. The summed E-state index contributed by atoms with van der Waals surface area (Å²) in [6, 6.07) is 0.665. The lowest BCUT2D eigenvalue weighted by Gasteiger charge is -2.38. The van der Waals surface area contributed by atoms with E-state index in [0.29, 0.717) is 25.8 Å². The highest BCUT2D eigenvalue weighted by Crippen LogP contribution is 2.64. The van der Waals surface area contributed by atoms with Crippen molar-refractivity contribution in [2.75, 3.05) is 37.4 Å². The minimum absolute atomic E-state index is 0.0152. The van der Waals surface area contributed by atoms with Crippen LogP contribution in [0, 0.1) is 22.6 Å². The van der Waals surface area contributed by atoms with E-state index in [2.05, 4.69) is 4.98 Å². The number of sulfonamides is 1. The van der Waals surface area contributed by atoms with Gasteiger partial charge < -0.3 is 14.2 Å². The number of pyridine rings is 2. The highest BCUT2D eigenvalue weighted by Gasteiger charge is 2.65. The van der Waals surface area contributed by atoms with Crippen molar-refractivity contribution in [1.82, 2.24) is 13.9 Å². The first-order valence-electron chi connectivity index (χ1n) is 14.6. The van der Waals surface area contributed by atoms with E-state index >= 15 is 4.39 Å². The number of ether oxygens (including phenoxy) is 1. The van der Waals surface area contributed by atoms with Gasteiger partial charge in [0.15, 0.2) is 11.6 Å². The normalized spacial score (nSPS) is 25.6. The number of carbonyl (C=O) groups excluding carboxylic acids is 2. The summed E-state index contributed by atoms with van der Waals surface area (Å²) in [5.74, 6) is -1.45. The lowest BCUT2D eigenvalue weighted by Crippen LogP contribution is -2.48. The molecule has 0 N–H and O–H groups in total. The third-order valence-electron chi connectivity index (χ3n) is 10.1. The number of carbonyl (C=O) groups is 2. The SMILES string of the molecule is CCOC(=O)c1cn(C(C)(C)C)c2nc(N3CC[C@H](N(C)S(=O)(=O)C[C@@]45CC[C@@H](CC4=O)C5(C)C)C3)c(F)cc2c1=O. The number of halogens is 1. The monoisotopic (exact) mass is 604 g/mol. The summed E-state index contributed by atoms with van der Waals surface area (Å²) in [5, 5.41) is -0.0369. The van der Waals surface area contributed by atoms with Crippen molar-refractivity contribution in [2.24, 2.45) is 16.7 Å². The molecule has 0 unspecified atom stereocenters. The van der Waals surface area contributed by atoms with Crippen LogP contribution in [0.1, 0.15) is 77.6 Å². The number of fused-ring (bicyclic) bond motifs is 3. The largest absolute Gasteiger partial charge is 0.462 e. The highest BCUT2D eigenvalue weighted by atomic mass is 32.2. The zero-order valence-corrected chi connectivity index (χ0v) is 26.3. The van der Waals surface area contributed by atoms with Crippen molar-refractivity contribution in [1.29, 1.82) is 0 Å². The molecule has 3 heterocycles. The number of Topliss-reactive ketones (excluding diaryl/α,β-unsaturated/α-hetero) is 1. The number of esters is 1. The van der Waals surface area contributed by atoms with Crippen LogP contribution in [0.2, 0.25) is 0 Å². The molecule has 3 fully saturated rings. The van der Waals surface area contributed by atoms with Crippen molar-refractivity contribution in [3.63, 3.8) is 0 Å². The van der Waals surface area contributed by atoms with Gasteiger partial charge in [-0.2, -0.15) is 0 Å². The second kappa shape index (κ2) is 10.1. The predicted octanol–water partition coefficient (Wildman–Crippen LogP) is 3.70. The van der Waals surface area contributed by atoms with E-state index < -0.39 is 44.2 Å². The van der Waals surface area contributed by atoms with Crippen LogP contribution in [0.25, 0.3) is 11.0 Å². The molecule has 12 heteroatoms. The van der Waals surface area contributed by atoms with Gasteiger partial charge in [0.05, 0.1) is 17.7 Å². The summed E-state index contributed by atoms with van der Waals surface area (Å²) in [4.78, 5) is 45.0. The molecule has 0 aromatic carbocycles. The summed E-state index contributed by atoms with van der Waals surface area (Å²) >= 11 is 0. The number of nitrogens with zero attached hydrogens (tertiary/aromatic N) is 4. The van der Waals surface area contributed by atoms with E-state index in [1.165, 1.54) is 17.5 Å². The Bertz CT molecular complexity index is 1630. The van der Waals surface area contributed by atoms with Crippen molar-refractivity contribution < 1.29 is 27.1 Å². The molecule has 1 saturated heterocycles. The number of aromatic nitrogens is 2. The Kier molecular flexibility index (Phi) is 7.36. The van der Waals surface area contributed by atoms with Crippen molar-refractivity contribution in [3.8, 4) is 0 Å². The maximum Gasteiger partial charge on any atom is 0.343 e. The number of likely N-dealkylation sites (N-methyl/N-ethyl adjacent to an activating group) is 1. The van der Waals surface area contributed by atoms with Gasteiger partial charge in [0, 0.05) is 49.8 Å². The van der Waals surface area contributed by atoms with E-state index in [1.54, 1.807) is 16.4 Å². The Morgan fingerprint density at radius 3 is 2.50 bits per heavy atom. The number of rotatable bonds is 7. The molecule has 0 spiro atoms. The van der Waals surface area contributed by atoms with E-state index in [0.717, 1.165) is 12.5 Å². The summed E-state index contributed by atoms with van der Waals surface area (Å²) in [6.07, 6.45) is 3.76. The van der Waals surface area contributed by atoms with E-state index in [4.69, 9.17) is 4.74 Å². The Morgan fingerprint density at radius 1 is 1.24 bits per heavy atom. The Balaban J connectivity index is 1.45. The Morgan fingerprint density at radius 2 is 1.93 bits per heavy atom. The fourth-order valence-electron chi connectivity index (χ4n) is 7.28. The maximum absolute atomic E-state index is 15.6. The van der Waals surface area contributed by atoms with Crippen LogP contribution in [0.4, 0.5) is 10.2 Å². The first-order chi connectivity index (χ1) is 19.4. The average molecular weight is 605 g/mol. The van der Waals surface area contributed by atoms with Gasteiger partial charge in [-0.05, 0) is 64.4 Å². The third kappa shape index (κ3) is 4.65. The molecule has 0 radical (unpaired) electrons. The molecule has 1 aliphatic heterocycles. The Hall–Kier alpha value is -2.86. The second-order valence-corrected chi connectivity index (χ2v) is 15.7. The lowest BCUT2D eigenvalue weighted by molar-refractivity contribution is -0.128. The molecule has 5 rings (SSSR count). The standard InChI is InChI=1S/C30H41FN4O6S/c1-8-41-27(38)21-16-35(28(2,3)4)25-20(24(21)37)14-22(31)26(32-25)34-12-10-19(15-34)33(7)42(39,40)17-30-11-9-18(13-23(30)36)29(30,5)6/h14,16,18-19H,8-13,15,17H2,1-7H3/t18-,19-,30-/m0/s1. The van der Waals surface area contributed by atoms with Crippen LogP contribution in [-0.4, -0.2) is 72.6 Å². The number of hydrogen-bond donors (Lipinski definition) is 0. The molecule has 2 aromatic rings. The quantitative estimate of drug-likeness (QED) is 0.439. The maximum atomic E-state index is 15.6. The second-order valence-electron chi connectivity index (χ2n) is 13.6. The van der Waals surface area contributed by atoms with Crippen LogP contribution in [-0.2, 0) is 25.1 Å². The molecule has 2 aliphatic carbocycles. The summed E-state index contributed by atoms with van der Waals surface area (Å²) < 4.78 is 51.0. The summed E-state index contributed by atoms with van der Waals surface area (Å²) in [5.41, 5.74) is -2.48. The van der Waals surface area contributed by atoms with Gasteiger partial charge >= 0.3 is 5.97 Å². The highest BCUT2D eigenvalue weighted by molar-refractivity contribution is 7.89. The number of anilines is 1. The smallest absolute Gasteiger partial charge is 0.343 e. The van der Waals surface area contributed by atoms with Crippen LogP contribution >= 0.6 is 0 Å². The van der Waals surface area contributed by atoms with Crippen LogP contribution < -0.4 is 10.3 Å². The van der Waals surface area contributed by atoms with E-state index in [1.807, 2.05) is 34.6 Å². The number of ketones is 1. The molecule has 2 aromatic heterocycles.